The Bertz CT molecular complexity index is 1100. The molecule has 0 saturated carbocycles. The summed E-state index contributed by atoms with van der Waals surface area (Å²) in [5, 5.41) is 0. The molecule has 0 radical (unpaired) electrons. The molecule has 8 nitrogen and oxygen atoms in total. The Morgan fingerprint density at radius 2 is 0.569 bits per heavy atom. The molecule has 1 rings (SSSR count). The highest BCUT2D eigenvalue weighted by Gasteiger charge is 2.30. The highest BCUT2D eigenvalue weighted by atomic mass is 31.2. The Labute approximate surface area is 356 Å². The zero-order valence-electron chi connectivity index (χ0n) is 37.9. The van der Waals surface area contributed by atoms with Crippen LogP contribution in [0, 0.1) is 0 Å². The number of carbonyl (C=O) groups excluding carboxylic acids is 2. The molecule has 0 amide bonds. The molecule has 0 fully saturated rings. The Balaban J connectivity index is 2.86. The second-order valence-corrected chi connectivity index (χ2v) is 22.2. The minimum Gasteiger partial charge on any atom is -0.289 e. The molecule has 1 aromatic carbocycles. The summed E-state index contributed by atoms with van der Waals surface area (Å²) in [4.78, 5) is 37.4. The molecule has 338 valence electrons. The van der Waals surface area contributed by atoms with Crippen LogP contribution >= 0.6 is 14.7 Å². The fourth-order valence-electron chi connectivity index (χ4n) is 7.45. The van der Waals surface area contributed by atoms with Crippen molar-refractivity contribution in [3.8, 4) is 0 Å². The molecular weight excluding hydrogens is 766 g/mol. The van der Waals surface area contributed by atoms with E-state index in [1.54, 1.807) is 12.1 Å². The lowest BCUT2D eigenvalue weighted by Gasteiger charge is -2.18. The van der Waals surface area contributed by atoms with Gasteiger partial charge in [-0.25, -0.2) is 9.59 Å². The molecule has 0 bridgehead atoms. The van der Waals surface area contributed by atoms with Crippen LogP contribution in [0.4, 0.5) is 0 Å². The lowest BCUT2D eigenvalue weighted by atomic mass is 10.1. The molecule has 10 heteroatoms. The standard InChI is InChI=1S/C48H88O8P2/c1-5-9-13-17-21-25-29-35-41-57(51,42-36-30-26-22-18-14-10-6-2)55-53-47(49)45-39-33-34-40-46(45)48(50)54-56-58(52,43-37-31-27-23-19-15-11-7-3)44-38-32-28-24-20-16-12-8-4/h33-34,39-40H,5-32,35-38,41-44H2,1-4H3. The Morgan fingerprint density at radius 3 is 0.793 bits per heavy atom. The Kier molecular flexibility index (Phi) is 35.1. The van der Waals surface area contributed by atoms with E-state index in [1.165, 1.54) is 141 Å². The van der Waals surface area contributed by atoms with Crippen molar-refractivity contribution in [2.45, 2.75) is 233 Å². The number of hydrogen-bond acceptors (Lipinski definition) is 8. The zero-order valence-corrected chi connectivity index (χ0v) is 39.7. The number of benzene rings is 1. The van der Waals surface area contributed by atoms with Gasteiger partial charge in [0.25, 0.3) is 0 Å². The van der Waals surface area contributed by atoms with E-state index in [0.717, 1.165) is 77.0 Å². The summed E-state index contributed by atoms with van der Waals surface area (Å²) in [5.41, 5.74) is -0.162. The smallest absolute Gasteiger partial charge is 0.289 e. The maximum Gasteiger partial charge on any atom is 0.374 e. The van der Waals surface area contributed by atoms with E-state index in [2.05, 4.69) is 27.7 Å². The summed E-state index contributed by atoms with van der Waals surface area (Å²) >= 11 is 0. The summed E-state index contributed by atoms with van der Waals surface area (Å²) in [7, 11) is -6.54. The molecule has 0 heterocycles. The van der Waals surface area contributed by atoms with Crippen LogP contribution in [0.15, 0.2) is 24.3 Å². The van der Waals surface area contributed by atoms with Crippen LogP contribution in [0.3, 0.4) is 0 Å². The third kappa shape index (κ3) is 28.9. The van der Waals surface area contributed by atoms with Gasteiger partial charge in [0.15, 0.2) is 0 Å². The quantitative estimate of drug-likeness (QED) is 0.0277. The summed E-state index contributed by atoms with van der Waals surface area (Å²) < 4.78 is 39.3. The van der Waals surface area contributed by atoms with E-state index >= 15 is 0 Å². The number of hydrogen-bond donors (Lipinski definition) is 0. The van der Waals surface area contributed by atoms with Crippen molar-refractivity contribution >= 4 is 26.7 Å². The Hall–Kier alpha value is -1.46. The summed E-state index contributed by atoms with van der Waals surface area (Å²) in [6.45, 7) is 8.86. The van der Waals surface area contributed by atoms with Crippen molar-refractivity contribution in [3.05, 3.63) is 35.4 Å². The molecule has 0 spiro atoms. The van der Waals surface area contributed by atoms with Gasteiger partial charge in [0.1, 0.15) is 0 Å². The highest BCUT2D eigenvalue weighted by molar-refractivity contribution is 7.59. The van der Waals surface area contributed by atoms with E-state index in [1.807, 2.05) is 0 Å². The molecule has 0 unspecified atom stereocenters. The predicted octanol–water partition coefficient (Wildman–Crippen LogP) is 17.0. The maximum atomic E-state index is 14.1. The van der Waals surface area contributed by atoms with Gasteiger partial charge in [0.05, 0.1) is 11.1 Å². The summed E-state index contributed by atoms with van der Waals surface area (Å²) in [5.74, 6) is -1.83. The van der Waals surface area contributed by atoms with Gasteiger partial charge in [0, 0.05) is 24.6 Å². The molecular formula is C48H88O8P2. The molecule has 0 aliphatic heterocycles. The second kappa shape index (κ2) is 37.3. The van der Waals surface area contributed by atoms with Crippen LogP contribution in [-0.4, -0.2) is 36.6 Å². The van der Waals surface area contributed by atoms with E-state index in [-0.39, 0.29) is 11.1 Å². The van der Waals surface area contributed by atoms with Crippen LogP contribution in [-0.2, 0) is 28.3 Å². The average molecular weight is 855 g/mol. The largest absolute Gasteiger partial charge is 0.374 e. The van der Waals surface area contributed by atoms with Crippen LogP contribution in [0.25, 0.3) is 0 Å². The molecule has 0 aliphatic rings. The van der Waals surface area contributed by atoms with Crippen molar-refractivity contribution in [1.82, 2.24) is 0 Å². The van der Waals surface area contributed by atoms with Gasteiger partial charge in [-0.2, -0.15) is 0 Å². The third-order valence-corrected chi connectivity index (χ3v) is 16.0. The second-order valence-electron chi connectivity index (χ2n) is 16.9. The first-order chi connectivity index (χ1) is 28.2. The van der Waals surface area contributed by atoms with Crippen molar-refractivity contribution in [1.29, 1.82) is 0 Å². The van der Waals surface area contributed by atoms with Crippen molar-refractivity contribution in [2.75, 3.05) is 24.6 Å². The number of unbranched alkanes of at least 4 members (excludes halogenated alkanes) is 28. The molecule has 0 aromatic heterocycles. The van der Waals surface area contributed by atoms with Crippen LogP contribution in [0.1, 0.15) is 254 Å². The predicted molar refractivity (Wildman–Crippen MR) is 245 cm³/mol. The number of carbonyl (C=O) groups is 2. The minimum absolute atomic E-state index is 0.0808. The first-order valence-corrected chi connectivity index (χ1v) is 28.3. The summed E-state index contributed by atoms with van der Waals surface area (Å²) in [6.07, 6.45) is 37.1. The van der Waals surface area contributed by atoms with E-state index in [0.29, 0.717) is 24.6 Å². The van der Waals surface area contributed by atoms with E-state index < -0.39 is 26.7 Å². The molecule has 1 aromatic rings. The van der Waals surface area contributed by atoms with E-state index in [4.69, 9.17) is 19.1 Å². The summed E-state index contributed by atoms with van der Waals surface area (Å²) in [6, 6.07) is 6.13. The monoisotopic (exact) mass is 855 g/mol. The maximum absolute atomic E-state index is 14.1. The topological polar surface area (TPSA) is 105 Å². The average Bonchev–Trinajstić information content (AvgIpc) is 3.23. The lowest BCUT2D eigenvalue weighted by molar-refractivity contribution is -0.150. The zero-order chi connectivity index (χ0) is 42.4. The molecule has 0 saturated heterocycles. The Morgan fingerprint density at radius 1 is 0.362 bits per heavy atom. The molecule has 58 heavy (non-hydrogen) atoms. The van der Waals surface area contributed by atoms with Gasteiger partial charge < -0.3 is 0 Å². The van der Waals surface area contributed by atoms with Gasteiger partial charge >= 0.3 is 11.9 Å². The molecule has 0 atom stereocenters. The SMILES string of the molecule is CCCCCCCCCCP(=O)(CCCCCCCCCC)OOC(=O)c1ccccc1C(=O)OOP(=O)(CCCCCCCCCC)CCCCCCCCCC. The highest BCUT2D eigenvalue weighted by Crippen LogP contribution is 2.50. The third-order valence-electron chi connectivity index (χ3n) is 11.3. The first-order valence-electron chi connectivity index (χ1n) is 24.3. The normalized spacial score (nSPS) is 11.9. The van der Waals surface area contributed by atoms with Gasteiger partial charge in [-0.3, -0.25) is 18.9 Å². The van der Waals surface area contributed by atoms with Crippen LogP contribution < -0.4 is 0 Å². The fourth-order valence-corrected chi connectivity index (χ4v) is 11.4. The van der Waals surface area contributed by atoms with Gasteiger partial charge in [-0.05, 0) is 37.8 Å². The van der Waals surface area contributed by atoms with Crippen LogP contribution in [0.2, 0.25) is 0 Å². The first kappa shape index (κ1) is 54.6. The number of rotatable bonds is 42. The minimum atomic E-state index is -3.27. The van der Waals surface area contributed by atoms with Crippen molar-refractivity contribution in [3.63, 3.8) is 0 Å². The fraction of sp³-hybridized carbons (Fsp3) is 0.833. The molecule has 0 aliphatic carbocycles. The van der Waals surface area contributed by atoms with Crippen molar-refractivity contribution < 1.29 is 37.8 Å². The lowest BCUT2D eigenvalue weighted by Crippen LogP contribution is -2.15. The van der Waals surface area contributed by atoms with Crippen molar-refractivity contribution in [2.24, 2.45) is 0 Å². The van der Waals surface area contributed by atoms with Gasteiger partial charge in [-0.15, -0.1) is 9.35 Å². The molecule has 0 N–H and O–H groups in total. The van der Waals surface area contributed by atoms with Gasteiger partial charge in [0.2, 0.25) is 14.7 Å². The van der Waals surface area contributed by atoms with E-state index in [9.17, 15) is 18.7 Å². The van der Waals surface area contributed by atoms with Crippen LogP contribution in [0.5, 0.6) is 0 Å². The van der Waals surface area contributed by atoms with Gasteiger partial charge in [-0.1, -0.05) is 220 Å².